The minimum absolute atomic E-state index is 0.0174. The van der Waals surface area contributed by atoms with Crippen LogP contribution in [-0.2, 0) is 30.2 Å². The molecule has 3 aromatic rings. The summed E-state index contributed by atoms with van der Waals surface area (Å²) in [6, 6.07) is 16.6. The van der Waals surface area contributed by atoms with E-state index in [0.717, 1.165) is 5.56 Å². The molecule has 180 valence electrons. The first-order chi connectivity index (χ1) is 16.2. The number of hydrogen-bond donors (Lipinski definition) is 2. The molecule has 0 bridgehead atoms. The van der Waals surface area contributed by atoms with E-state index in [1.165, 1.54) is 22.8 Å². The molecule has 0 aliphatic heterocycles. The molecule has 0 unspecified atom stereocenters. The second-order valence-corrected chi connectivity index (χ2v) is 9.66. The number of nitrogens with one attached hydrogen (secondary N) is 2. The number of sulfonamides is 1. The number of aromatic nitrogens is 1. The van der Waals surface area contributed by atoms with Crippen molar-refractivity contribution >= 4 is 27.5 Å². The van der Waals surface area contributed by atoms with Crippen LogP contribution in [0.25, 0.3) is 0 Å². The van der Waals surface area contributed by atoms with Crippen LogP contribution in [0.5, 0.6) is 5.75 Å². The topological polar surface area (TPSA) is 106 Å². The van der Waals surface area contributed by atoms with E-state index in [1.807, 2.05) is 37.3 Å². The zero-order valence-corrected chi connectivity index (χ0v) is 20.4. The van der Waals surface area contributed by atoms with Gasteiger partial charge in [-0.2, -0.15) is 0 Å². The largest absolute Gasteiger partial charge is 0.483 e. The third-order valence-corrected chi connectivity index (χ3v) is 6.95. The van der Waals surface area contributed by atoms with E-state index in [0.29, 0.717) is 13.0 Å². The Labute approximate surface area is 203 Å². The number of carbonyl (C=O) groups excluding carboxylic acids is 1. The lowest BCUT2D eigenvalue weighted by atomic mass is 10.2. The molecule has 0 aliphatic carbocycles. The molecule has 0 spiro atoms. The second kappa shape index (κ2) is 11.3. The van der Waals surface area contributed by atoms with Crippen molar-refractivity contribution in [1.29, 1.82) is 0 Å². The fourth-order valence-electron chi connectivity index (χ4n) is 3.25. The monoisotopic (exact) mass is 503 g/mol. The third kappa shape index (κ3) is 6.05. The molecule has 2 N–H and O–H groups in total. The minimum Gasteiger partial charge on any atom is -0.483 e. The van der Waals surface area contributed by atoms with E-state index in [9.17, 15) is 18.0 Å². The summed E-state index contributed by atoms with van der Waals surface area (Å²) in [7, 11) is -2.37. The van der Waals surface area contributed by atoms with Crippen LogP contribution in [0.1, 0.15) is 35.1 Å². The zero-order chi connectivity index (χ0) is 24.7. The highest BCUT2D eigenvalue weighted by molar-refractivity contribution is 7.89. The number of halogens is 1. The summed E-state index contributed by atoms with van der Waals surface area (Å²) in [6.45, 7) is 2.19. The Morgan fingerprint density at radius 1 is 1.09 bits per heavy atom. The molecular weight excluding hydrogens is 478 g/mol. The van der Waals surface area contributed by atoms with Gasteiger partial charge in [-0.25, -0.2) is 13.1 Å². The number of rotatable bonds is 10. The highest BCUT2D eigenvalue weighted by atomic mass is 35.5. The number of nitrogens with zero attached hydrogens (tertiary/aromatic N) is 1. The van der Waals surface area contributed by atoms with E-state index in [1.54, 1.807) is 19.2 Å². The molecule has 0 saturated heterocycles. The molecule has 3 rings (SSSR count). The van der Waals surface area contributed by atoms with Crippen molar-refractivity contribution in [1.82, 2.24) is 14.6 Å². The van der Waals surface area contributed by atoms with Crippen molar-refractivity contribution < 1.29 is 17.9 Å². The van der Waals surface area contributed by atoms with E-state index < -0.39 is 21.4 Å². The zero-order valence-electron chi connectivity index (χ0n) is 18.9. The first-order valence-corrected chi connectivity index (χ1v) is 12.5. The number of ether oxygens (including phenoxy) is 1. The maximum absolute atomic E-state index is 12.9. The van der Waals surface area contributed by atoms with Crippen LogP contribution >= 0.6 is 11.6 Å². The molecule has 2 aromatic carbocycles. The maximum Gasteiger partial charge on any atom is 0.271 e. The molecular formula is C24H26ClN3O5S. The van der Waals surface area contributed by atoms with Crippen molar-refractivity contribution in [3.05, 3.63) is 92.9 Å². The van der Waals surface area contributed by atoms with Crippen LogP contribution < -0.4 is 20.2 Å². The molecule has 1 amide bonds. The van der Waals surface area contributed by atoms with Gasteiger partial charge in [-0.1, -0.05) is 61.0 Å². The van der Waals surface area contributed by atoms with Crippen LogP contribution in [0.15, 0.2) is 70.4 Å². The number of benzene rings is 2. The molecule has 0 saturated carbocycles. The van der Waals surface area contributed by atoms with E-state index >= 15 is 0 Å². The first kappa shape index (κ1) is 25.5. The van der Waals surface area contributed by atoms with Gasteiger partial charge < -0.3 is 14.6 Å². The quantitative estimate of drug-likeness (QED) is 0.442. The number of pyridine rings is 1. The average molecular weight is 504 g/mol. The van der Waals surface area contributed by atoms with Crippen molar-refractivity contribution in [2.75, 3.05) is 6.54 Å². The Kier molecular flexibility index (Phi) is 8.49. The maximum atomic E-state index is 12.9. The number of carbonyl (C=O) groups is 1. The van der Waals surface area contributed by atoms with Crippen LogP contribution in [0.4, 0.5) is 0 Å². The summed E-state index contributed by atoms with van der Waals surface area (Å²) in [6.07, 6.45) is 0.706. The molecule has 1 aromatic heterocycles. The Balaban J connectivity index is 1.94. The molecule has 8 nitrogen and oxygen atoms in total. The fraction of sp³-hybridized carbons (Fsp3) is 0.250. The fourth-order valence-corrected chi connectivity index (χ4v) is 4.77. The molecule has 1 heterocycles. The average Bonchev–Trinajstić information content (AvgIpc) is 2.82. The van der Waals surface area contributed by atoms with Gasteiger partial charge >= 0.3 is 0 Å². The lowest BCUT2D eigenvalue weighted by molar-refractivity contribution is 0.0938. The van der Waals surface area contributed by atoms with Crippen molar-refractivity contribution in [2.45, 2.75) is 31.4 Å². The Morgan fingerprint density at radius 3 is 2.44 bits per heavy atom. The molecule has 0 radical (unpaired) electrons. The molecule has 10 heteroatoms. The van der Waals surface area contributed by atoms with E-state index in [-0.39, 0.29) is 40.2 Å². The third-order valence-electron chi connectivity index (χ3n) is 5.05. The van der Waals surface area contributed by atoms with Gasteiger partial charge in [-0.15, -0.1) is 0 Å². The summed E-state index contributed by atoms with van der Waals surface area (Å²) in [5.74, 6) is -0.585. The highest BCUT2D eigenvalue weighted by Gasteiger charge is 2.23. The Hall–Kier alpha value is -3.14. The van der Waals surface area contributed by atoms with Gasteiger partial charge in [0.15, 0.2) is 11.4 Å². The molecule has 0 atom stereocenters. The number of hydrogen-bond acceptors (Lipinski definition) is 5. The van der Waals surface area contributed by atoms with Gasteiger partial charge in [-0.05, 0) is 24.1 Å². The first-order valence-electron chi connectivity index (χ1n) is 10.7. The summed E-state index contributed by atoms with van der Waals surface area (Å²) in [4.78, 5) is 25.8. The van der Waals surface area contributed by atoms with Crippen molar-refractivity contribution in [3.8, 4) is 5.75 Å². The summed E-state index contributed by atoms with van der Waals surface area (Å²) in [5.41, 5.74) is 0.613. The second-order valence-electron chi connectivity index (χ2n) is 7.52. The van der Waals surface area contributed by atoms with Crippen molar-refractivity contribution in [2.24, 2.45) is 7.05 Å². The van der Waals surface area contributed by atoms with Crippen LogP contribution in [0.2, 0.25) is 5.02 Å². The SMILES string of the molecule is CCCNC(=O)c1c(OCc2ccccc2)c(=O)cc(CNS(=O)(=O)c2ccccc2Cl)n1C. The Bertz CT molecular complexity index is 1320. The van der Waals surface area contributed by atoms with Crippen molar-refractivity contribution in [3.63, 3.8) is 0 Å². The van der Waals surface area contributed by atoms with Gasteiger partial charge in [0.2, 0.25) is 15.5 Å². The minimum atomic E-state index is -3.95. The van der Waals surface area contributed by atoms with Crippen LogP contribution in [-0.4, -0.2) is 25.4 Å². The smallest absolute Gasteiger partial charge is 0.271 e. The van der Waals surface area contributed by atoms with E-state index in [4.69, 9.17) is 16.3 Å². The molecule has 0 fully saturated rings. The highest BCUT2D eigenvalue weighted by Crippen LogP contribution is 2.21. The lowest BCUT2D eigenvalue weighted by Crippen LogP contribution is -2.33. The Morgan fingerprint density at radius 2 is 1.76 bits per heavy atom. The van der Waals surface area contributed by atoms with Crippen LogP contribution in [0.3, 0.4) is 0 Å². The lowest BCUT2D eigenvalue weighted by Gasteiger charge is -2.19. The summed E-state index contributed by atoms with van der Waals surface area (Å²) in [5, 5.41) is 2.83. The standard InChI is InChI=1S/C24H26ClN3O5S/c1-3-13-26-24(30)22-23(33-16-17-9-5-4-6-10-17)20(29)14-18(28(22)2)15-27-34(31,32)21-12-8-7-11-19(21)25/h4-12,14,27H,3,13,15-16H2,1-2H3,(H,26,30). The van der Waals surface area contributed by atoms with Gasteiger partial charge in [0, 0.05) is 25.4 Å². The summed E-state index contributed by atoms with van der Waals surface area (Å²) >= 11 is 6.02. The summed E-state index contributed by atoms with van der Waals surface area (Å²) < 4.78 is 35.1. The molecule has 0 aliphatic rings. The van der Waals surface area contributed by atoms with E-state index in [2.05, 4.69) is 10.0 Å². The van der Waals surface area contributed by atoms with Gasteiger partial charge in [-0.3, -0.25) is 9.59 Å². The van der Waals surface area contributed by atoms with Gasteiger partial charge in [0.25, 0.3) is 5.91 Å². The predicted molar refractivity (Wildman–Crippen MR) is 131 cm³/mol. The molecule has 34 heavy (non-hydrogen) atoms. The van der Waals surface area contributed by atoms with Gasteiger partial charge in [0.1, 0.15) is 11.5 Å². The number of amides is 1. The normalized spacial score (nSPS) is 11.3. The van der Waals surface area contributed by atoms with Gasteiger partial charge in [0.05, 0.1) is 11.6 Å². The van der Waals surface area contributed by atoms with Crippen LogP contribution in [0, 0.1) is 0 Å². The predicted octanol–water partition coefficient (Wildman–Crippen LogP) is 3.24.